The molecule has 9 heteroatoms. The lowest BCUT2D eigenvalue weighted by atomic mass is 10.3. The van der Waals surface area contributed by atoms with Crippen molar-refractivity contribution in [1.82, 2.24) is 15.2 Å². The quantitative estimate of drug-likeness (QED) is 0.567. The molecule has 0 amide bonds. The van der Waals surface area contributed by atoms with E-state index in [0.717, 1.165) is 10.7 Å². The van der Waals surface area contributed by atoms with Crippen LogP contribution >= 0.6 is 11.3 Å². The second kappa shape index (κ2) is 8.95. The first-order chi connectivity index (χ1) is 11.5. The van der Waals surface area contributed by atoms with Gasteiger partial charge < -0.3 is 15.0 Å². The maximum Gasteiger partial charge on any atom is 0.193 e. The van der Waals surface area contributed by atoms with Crippen LogP contribution in [0.4, 0.5) is 0 Å². The highest BCUT2D eigenvalue weighted by Gasteiger charge is 2.28. The van der Waals surface area contributed by atoms with Gasteiger partial charge in [-0.25, -0.2) is 13.4 Å². The number of aromatic nitrogens is 1. The lowest BCUT2D eigenvalue weighted by Crippen LogP contribution is -2.42. The molecule has 1 atom stereocenters. The zero-order chi connectivity index (χ0) is 19.3. The van der Waals surface area contributed by atoms with Gasteiger partial charge in [-0.05, 0) is 27.7 Å². The Balaban J connectivity index is 2.61. The van der Waals surface area contributed by atoms with E-state index < -0.39 is 14.6 Å². The fraction of sp³-hybridized carbons (Fsp3) is 0.750. The number of aliphatic imine (C=N–C) groups is 1. The maximum atomic E-state index is 12.2. The van der Waals surface area contributed by atoms with Crippen molar-refractivity contribution in [3.63, 3.8) is 0 Å². The van der Waals surface area contributed by atoms with E-state index in [-0.39, 0.29) is 11.9 Å². The van der Waals surface area contributed by atoms with E-state index in [4.69, 9.17) is 4.74 Å². The number of hydrogen-bond donors (Lipinski definition) is 1. The normalized spacial score (nSPS) is 14.4. The third kappa shape index (κ3) is 6.23. The van der Waals surface area contributed by atoms with Gasteiger partial charge in [-0.15, -0.1) is 11.3 Å². The van der Waals surface area contributed by atoms with Gasteiger partial charge in [0, 0.05) is 33.1 Å². The topological polar surface area (TPSA) is 83.9 Å². The van der Waals surface area contributed by atoms with Gasteiger partial charge in [-0.2, -0.15) is 0 Å². The Morgan fingerprint density at radius 2 is 2.12 bits per heavy atom. The highest BCUT2D eigenvalue weighted by atomic mass is 32.2. The second-order valence-corrected chi connectivity index (χ2v) is 10.6. The highest BCUT2D eigenvalue weighted by Crippen LogP contribution is 2.21. The van der Waals surface area contributed by atoms with Crippen LogP contribution in [-0.4, -0.2) is 62.5 Å². The minimum absolute atomic E-state index is 0.0240. The summed E-state index contributed by atoms with van der Waals surface area (Å²) in [4.78, 5) is 10.7. The highest BCUT2D eigenvalue weighted by molar-refractivity contribution is 7.92. The summed E-state index contributed by atoms with van der Waals surface area (Å²) in [5.41, 5.74) is 0.927. The molecule has 1 aromatic heterocycles. The third-order valence-electron chi connectivity index (χ3n) is 3.83. The van der Waals surface area contributed by atoms with Crippen molar-refractivity contribution in [2.24, 2.45) is 4.99 Å². The summed E-state index contributed by atoms with van der Waals surface area (Å²) in [6.45, 7) is 8.00. The average molecular weight is 391 g/mol. The van der Waals surface area contributed by atoms with Gasteiger partial charge in [0.25, 0.3) is 0 Å². The average Bonchev–Trinajstić information content (AvgIpc) is 2.97. The number of guanidine groups is 1. The first-order valence-electron chi connectivity index (χ1n) is 8.13. The Morgan fingerprint density at radius 1 is 1.48 bits per heavy atom. The largest absolute Gasteiger partial charge is 0.375 e. The van der Waals surface area contributed by atoms with Crippen LogP contribution in [0.25, 0.3) is 0 Å². The van der Waals surface area contributed by atoms with E-state index in [2.05, 4.69) is 15.3 Å². The fourth-order valence-corrected chi connectivity index (χ4v) is 3.81. The molecule has 0 spiro atoms. The van der Waals surface area contributed by atoms with Crippen molar-refractivity contribution in [3.05, 3.63) is 16.1 Å². The molecule has 0 aliphatic carbocycles. The molecule has 1 aromatic rings. The van der Waals surface area contributed by atoms with Crippen LogP contribution in [0.5, 0.6) is 0 Å². The SMILES string of the molecule is CN=C(NCCS(=O)(=O)C(C)(C)C)N(C)Cc1csc(C(C)OC)n1. The molecule has 1 N–H and O–H groups in total. The molecule has 0 radical (unpaired) electrons. The Kier molecular flexibility index (Phi) is 7.83. The molecule has 0 fully saturated rings. The summed E-state index contributed by atoms with van der Waals surface area (Å²) >= 11 is 1.57. The van der Waals surface area contributed by atoms with Gasteiger partial charge >= 0.3 is 0 Å². The lowest BCUT2D eigenvalue weighted by Gasteiger charge is -2.23. The van der Waals surface area contributed by atoms with Gasteiger partial charge in [-0.1, -0.05) is 0 Å². The van der Waals surface area contributed by atoms with Gasteiger partial charge in [0.15, 0.2) is 15.8 Å². The molecule has 0 aromatic carbocycles. The summed E-state index contributed by atoms with van der Waals surface area (Å²) in [5.74, 6) is 0.702. The Hall–Kier alpha value is -1.19. The predicted octanol–water partition coefficient (Wildman–Crippen LogP) is 2.07. The monoisotopic (exact) mass is 390 g/mol. The van der Waals surface area contributed by atoms with Crippen LogP contribution in [0, 0.1) is 0 Å². The number of ether oxygens (including phenoxy) is 1. The molecule has 1 rings (SSSR count). The number of nitrogens with zero attached hydrogens (tertiary/aromatic N) is 3. The predicted molar refractivity (Wildman–Crippen MR) is 104 cm³/mol. The molecule has 0 saturated carbocycles. The van der Waals surface area contributed by atoms with Crippen LogP contribution < -0.4 is 5.32 Å². The van der Waals surface area contributed by atoms with E-state index in [0.29, 0.717) is 19.0 Å². The molecule has 144 valence electrons. The van der Waals surface area contributed by atoms with Crippen LogP contribution in [0.15, 0.2) is 10.4 Å². The minimum Gasteiger partial charge on any atom is -0.375 e. The van der Waals surface area contributed by atoms with E-state index in [1.807, 2.05) is 24.3 Å². The summed E-state index contributed by atoms with van der Waals surface area (Å²) in [6, 6.07) is 0. The van der Waals surface area contributed by atoms with E-state index in [9.17, 15) is 8.42 Å². The number of hydrogen-bond acceptors (Lipinski definition) is 6. The first kappa shape index (κ1) is 21.9. The van der Waals surface area contributed by atoms with Gasteiger partial charge in [-0.3, -0.25) is 4.99 Å². The van der Waals surface area contributed by atoms with Crippen molar-refractivity contribution in [3.8, 4) is 0 Å². The summed E-state index contributed by atoms with van der Waals surface area (Å²) in [6.07, 6.45) is -0.0240. The van der Waals surface area contributed by atoms with Crippen LogP contribution in [-0.2, 0) is 21.1 Å². The number of rotatable bonds is 7. The van der Waals surface area contributed by atoms with Crippen molar-refractivity contribution in [1.29, 1.82) is 0 Å². The molecule has 0 aliphatic heterocycles. The molecule has 0 aliphatic rings. The van der Waals surface area contributed by atoms with Crippen LogP contribution in [0.1, 0.15) is 44.5 Å². The zero-order valence-electron chi connectivity index (χ0n) is 16.2. The number of methoxy groups -OCH3 is 1. The third-order valence-corrected chi connectivity index (χ3v) is 7.49. The molecule has 0 saturated heterocycles. The molecular formula is C16H30N4O3S2. The zero-order valence-corrected chi connectivity index (χ0v) is 17.8. The Bertz CT molecular complexity index is 678. The minimum atomic E-state index is -3.16. The number of nitrogens with one attached hydrogen (secondary N) is 1. The van der Waals surface area contributed by atoms with Crippen molar-refractivity contribution in [2.75, 3.05) is 33.5 Å². The van der Waals surface area contributed by atoms with Crippen LogP contribution in [0.3, 0.4) is 0 Å². The molecule has 1 heterocycles. The number of thiazole rings is 1. The van der Waals surface area contributed by atoms with Crippen LogP contribution in [0.2, 0.25) is 0 Å². The van der Waals surface area contributed by atoms with E-state index in [1.165, 1.54) is 0 Å². The molecule has 25 heavy (non-hydrogen) atoms. The summed E-state index contributed by atoms with van der Waals surface area (Å²) < 4.78 is 28.9. The fourth-order valence-electron chi connectivity index (χ4n) is 1.99. The van der Waals surface area contributed by atoms with Crippen molar-refractivity contribution < 1.29 is 13.2 Å². The maximum absolute atomic E-state index is 12.2. The number of sulfone groups is 1. The molecular weight excluding hydrogens is 360 g/mol. The van der Waals surface area contributed by atoms with E-state index in [1.54, 1.807) is 46.3 Å². The summed E-state index contributed by atoms with van der Waals surface area (Å²) in [5, 5.41) is 6.04. The lowest BCUT2D eigenvalue weighted by molar-refractivity contribution is 0.119. The first-order valence-corrected chi connectivity index (χ1v) is 10.7. The molecule has 0 bridgehead atoms. The standard InChI is InChI=1S/C16H30N4O3S2/c1-12(23-7)14-19-13(11-24-14)10-20(6)15(17-5)18-8-9-25(21,22)16(2,3)4/h11-12H,8-10H2,1-7H3,(H,17,18). The van der Waals surface area contributed by atoms with Gasteiger partial charge in [0.05, 0.1) is 22.7 Å². The smallest absolute Gasteiger partial charge is 0.193 e. The summed E-state index contributed by atoms with van der Waals surface area (Å²) in [7, 11) is 2.08. The second-order valence-electron chi connectivity index (χ2n) is 6.82. The van der Waals surface area contributed by atoms with Crippen molar-refractivity contribution >= 4 is 27.1 Å². The molecule has 7 nitrogen and oxygen atoms in total. The Morgan fingerprint density at radius 3 is 2.64 bits per heavy atom. The van der Waals surface area contributed by atoms with Gasteiger partial charge in [0.1, 0.15) is 11.1 Å². The Labute approximate surface area is 155 Å². The molecule has 1 unspecified atom stereocenters. The van der Waals surface area contributed by atoms with Gasteiger partial charge in [0.2, 0.25) is 0 Å². The van der Waals surface area contributed by atoms with Crippen molar-refractivity contribution in [2.45, 2.75) is 45.1 Å². The van der Waals surface area contributed by atoms with E-state index >= 15 is 0 Å².